The maximum absolute atomic E-state index is 9.66. The molecule has 17 heavy (non-hydrogen) atoms. The largest absolute Gasteiger partial charge is 0.563 e. The summed E-state index contributed by atoms with van der Waals surface area (Å²) in [6, 6.07) is 2.82. The lowest BCUT2D eigenvalue weighted by Gasteiger charge is -2.09. The average Bonchev–Trinajstić information content (AvgIpc) is 2.82. The van der Waals surface area contributed by atoms with E-state index in [0.717, 1.165) is 0 Å². The zero-order chi connectivity index (χ0) is 12.3. The summed E-state index contributed by atoms with van der Waals surface area (Å²) >= 11 is 0. The van der Waals surface area contributed by atoms with Gasteiger partial charge in [-0.05, 0) is 12.1 Å². The Morgan fingerprint density at radius 3 is 2.76 bits per heavy atom. The van der Waals surface area contributed by atoms with Crippen molar-refractivity contribution in [2.45, 2.75) is 0 Å². The first-order valence-corrected chi connectivity index (χ1v) is 4.82. The summed E-state index contributed by atoms with van der Waals surface area (Å²) in [7, 11) is -2.86. The van der Waals surface area contributed by atoms with Gasteiger partial charge in [-0.3, -0.25) is 10.1 Å². The third-order valence-electron chi connectivity index (χ3n) is 2.07. The second-order valence-electron chi connectivity index (χ2n) is 3.29. The number of aromatic nitrogens is 3. The molecule has 0 bridgehead atoms. The van der Waals surface area contributed by atoms with E-state index < -0.39 is 14.2 Å². The molecule has 7 nitrogen and oxygen atoms in total. The van der Waals surface area contributed by atoms with Crippen molar-refractivity contribution in [3.8, 4) is 5.75 Å². The van der Waals surface area contributed by atoms with E-state index in [1.165, 1.54) is 30.7 Å². The Labute approximate surface area is 97.4 Å². The SMILES string of the molecule is OB(Oc1ccnc(B(O)O)c1)c1cn[nH]c1. The molecule has 0 saturated heterocycles. The van der Waals surface area contributed by atoms with Gasteiger partial charge in [-0.25, -0.2) is 0 Å². The minimum Gasteiger partial charge on any atom is -0.532 e. The maximum Gasteiger partial charge on any atom is 0.563 e. The van der Waals surface area contributed by atoms with E-state index >= 15 is 0 Å². The van der Waals surface area contributed by atoms with Crippen molar-refractivity contribution in [3.05, 3.63) is 30.7 Å². The van der Waals surface area contributed by atoms with E-state index in [-0.39, 0.29) is 11.3 Å². The van der Waals surface area contributed by atoms with Gasteiger partial charge in [0.05, 0.1) is 5.59 Å². The number of hydrogen-bond donors (Lipinski definition) is 4. The summed E-state index contributed by atoms with van der Waals surface area (Å²) < 4.78 is 5.18. The van der Waals surface area contributed by atoms with Gasteiger partial charge in [-0.15, -0.1) is 0 Å². The number of rotatable bonds is 4. The van der Waals surface area contributed by atoms with Crippen LogP contribution in [0.25, 0.3) is 0 Å². The molecule has 0 fully saturated rings. The van der Waals surface area contributed by atoms with Crippen LogP contribution in [-0.4, -0.2) is 44.5 Å². The predicted molar refractivity (Wildman–Crippen MR) is 60.9 cm³/mol. The fraction of sp³-hybridized carbons (Fsp3) is 0. The minimum absolute atomic E-state index is 0.0434. The zero-order valence-electron chi connectivity index (χ0n) is 8.69. The molecular weight excluding hydrogens is 224 g/mol. The lowest BCUT2D eigenvalue weighted by Crippen LogP contribution is -2.37. The van der Waals surface area contributed by atoms with Crippen LogP contribution in [0.1, 0.15) is 0 Å². The van der Waals surface area contributed by atoms with Crippen LogP contribution in [0.4, 0.5) is 0 Å². The number of pyridine rings is 1. The Kier molecular flexibility index (Phi) is 3.43. The molecule has 0 amide bonds. The Hall–Kier alpha value is -1.83. The summed E-state index contributed by atoms with van der Waals surface area (Å²) in [6.45, 7) is 0. The van der Waals surface area contributed by atoms with Crippen molar-refractivity contribution in [3.63, 3.8) is 0 Å². The van der Waals surface area contributed by atoms with E-state index in [9.17, 15) is 5.02 Å². The summed E-state index contributed by atoms with van der Waals surface area (Å²) in [4.78, 5) is 3.73. The molecule has 0 aliphatic heterocycles. The Morgan fingerprint density at radius 2 is 2.12 bits per heavy atom. The molecule has 0 aromatic carbocycles. The third-order valence-corrected chi connectivity index (χ3v) is 2.07. The molecule has 2 heterocycles. The fourth-order valence-corrected chi connectivity index (χ4v) is 1.24. The molecule has 0 spiro atoms. The molecule has 0 atom stereocenters. The van der Waals surface area contributed by atoms with Gasteiger partial charge in [0.1, 0.15) is 5.75 Å². The summed E-state index contributed by atoms with van der Waals surface area (Å²) in [6.07, 6.45) is 4.27. The van der Waals surface area contributed by atoms with Gasteiger partial charge in [-0.2, -0.15) is 5.10 Å². The fourth-order valence-electron chi connectivity index (χ4n) is 1.24. The lowest BCUT2D eigenvalue weighted by molar-refractivity contribution is 0.421. The predicted octanol–water partition coefficient (Wildman–Crippen LogP) is -2.75. The van der Waals surface area contributed by atoms with Crippen molar-refractivity contribution < 1.29 is 19.7 Å². The molecule has 2 aromatic heterocycles. The first-order chi connectivity index (χ1) is 8.16. The number of nitrogens with one attached hydrogen (secondary N) is 1. The summed E-state index contributed by atoms with van der Waals surface area (Å²) in [5.74, 6) is 0.275. The van der Waals surface area contributed by atoms with Gasteiger partial charge in [0.2, 0.25) is 0 Å². The van der Waals surface area contributed by atoms with E-state index in [2.05, 4.69) is 15.2 Å². The highest BCUT2D eigenvalue weighted by Crippen LogP contribution is 2.06. The Bertz CT molecular complexity index is 479. The van der Waals surface area contributed by atoms with Crippen LogP contribution in [0.2, 0.25) is 0 Å². The van der Waals surface area contributed by atoms with Crippen LogP contribution in [-0.2, 0) is 0 Å². The summed E-state index contributed by atoms with van der Waals surface area (Å²) in [5.41, 5.74) is 0.509. The van der Waals surface area contributed by atoms with Crippen LogP contribution in [0.3, 0.4) is 0 Å². The van der Waals surface area contributed by atoms with Crippen molar-refractivity contribution in [1.82, 2.24) is 15.2 Å². The monoisotopic (exact) mass is 233 g/mol. The highest BCUT2D eigenvalue weighted by Gasteiger charge is 2.21. The molecule has 0 unspecified atom stereocenters. The highest BCUT2D eigenvalue weighted by atomic mass is 16.5. The van der Waals surface area contributed by atoms with Gasteiger partial charge in [0.15, 0.2) is 0 Å². The van der Waals surface area contributed by atoms with E-state index in [1.54, 1.807) is 0 Å². The van der Waals surface area contributed by atoms with Crippen LogP contribution in [0.15, 0.2) is 30.7 Å². The van der Waals surface area contributed by atoms with Crippen LogP contribution < -0.4 is 15.7 Å². The topological polar surface area (TPSA) is 111 Å². The van der Waals surface area contributed by atoms with Crippen molar-refractivity contribution in [2.75, 3.05) is 0 Å². The van der Waals surface area contributed by atoms with Gasteiger partial charge in [0, 0.05) is 24.1 Å². The van der Waals surface area contributed by atoms with E-state index in [4.69, 9.17) is 14.7 Å². The van der Waals surface area contributed by atoms with Crippen molar-refractivity contribution >= 4 is 25.3 Å². The molecule has 2 aromatic rings. The Balaban J connectivity index is 2.11. The summed E-state index contributed by atoms with van der Waals surface area (Å²) in [5, 5.41) is 33.7. The molecule has 0 radical (unpaired) electrons. The molecular formula is C8H9B2N3O4. The second kappa shape index (κ2) is 5.00. The second-order valence-corrected chi connectivity index (χ2v) is 3.29. The minimum atomic E-state index is -1.68. The number of aromatic amines is 1. The lowest BCUT2D eigenvalue weighted by atomic mass is 9.82. The standard InChI is InChI=1S/C8H9B2N3O4/c14-9(15)8-3-7(1-2-11-8)17-10(16)6-4-12-13-5-6/h1-5,14-16H,(H,12,13). The molecule has 2 rings (SSSR count). The third kappa shape index (κ3) is 2.84. The smallest absolute Gasteiger partial charge is 0.532 e. The zero-order valence-corrected chi connectivity index (χ0v) is 8.69. The first-order valence-electron chi connectivity index (χ1n) is 4.82. The number of hydrogen-bond acceptors (Lipinski definition) is 6. The quantitative estimate of drug-likeness (QED) is 0.426. The van der Waals surface area contributed by atoms with Crippen molar-refractivity contribution in [1.29, 1.82) is 0 Å². The molecule has 86 valence electrons. The molecule has 0 saturated carbocycles. The normalized spacial score (nSPS) is 10.1. The maximum atomic E-state index is 9.66. The van der Waals surface area contributed by atoms with E-state index in [1.807, 2.05) is 0 Å². The molecule has 0 aliphatic carbocycles. The van der Waals surface area contributed by atoms with Crippen LogP contribution >= 0.6 is 0 Å². The molecule has 0 aliphatic rings. The number of H-pyrrole nitrogens is 1. The Morgan fingerprint density at radius 1 is 1.29 bits per heavy atom. The van der Waals surface area contributed by atoms with E-state index in [0.29, 0.717) is 5.46 Å². The van der Waals surface area contributed by atoms with Crippen LogP contribution in [0.5, 0.6) is 5.75 Å². The van der Waals surface area contributed by atoms with Crippen molar-refractivity contribution in [2.24, 2.45) is 0 Å². The van der Waals surface area contributed by atoms with Gasteiger partial charge in [0.25, 0.3) is 0 Å². The molecule has 4 N–H and O–H groups in total. The highest BCUT2D eigenvalue weighted by molar-refractivity contribution is 6.60. The van der Waals surface area contributed by atoms with Gasteiger partial charge >= 0.3 is 14.2 Å². The average molecular weight is 233 g/mol. The first kappa shape index (κ1) is 11.6. The van der Waals surface area contributed by atoms with Gasteiger partial charge < -0.3 is 19.7 Å². The molecule has 9 heteroatoms. The number of nitrogens with zero attached hydrogens (tertiary/aromatic N) is 2. The van der Waals surface area contributed by atoms with Crippen LogP contribution in [0, 0.1) is 0 Å². The van der Waals surface area contributed by atoms with Gasteiger partial charge in [-0.1, -0.05) is 0 Å².